The minimum atomic E-state index is -0.490. The van der Waals surface area contributed by atoms with Crippen molar-refractivity contribution in [3.05, 3.63) is 27.9 Å². The van der Waals surface area contributed by atoms with Crippen LogP contribution in [-0.4, -0.2) is 39.4 Å². The van der Waals surface area contributed by atoms with Crippen LogP contribution in [0.1, 0.15) is 30.3 Å². The lowest BCUT2D eigenvalue weighted by molar-refractivity contribution is -0.391. The maximum absolute atomic E-state index is 12.6. The summed E-state index contributed by atoms with van der Waals surface area (Å²) in [6.07, 6.45) is 1.99. The molecule has 118 valence electrons. The fraction of sp³-hybridized carbons (Fsp3) is 0.615. The molecule has 0 aliphatic carbocycles. The third kappa shape index (κ3) is 3.19. The normalized spacial score (nSPS) is 21.8. The van der Waals surface area contributed by atoms with Crippen molar-refractivity contribution in [2.24, 2.45) is 18.7 Å². The SMILES string of the molecule is CC1CCCN(C(=O)c2ccc([N+](=O)[O-])n2C)C1CN.Cl. The summed E-state index contributed by atoms with van der Waals surface area (Å²) in [5, 5.41) is 10.8. The molecule has 0 radical (unpaired) electrons. The van der Waals surface area contributed by atoms with Gasteiger partial charge in [0.1, 0.15) is 0 Å². The van der Waals surface area contributed by atoms with Gasteiger partial charge in [0.25, 0.3) is 5.91 Å². The highest BCUT2D eigenvalue weighted by Gasteiger charge is 2.34. The summed E-state index contributed by atoms with van der Waals surface area (Å²) >= 11 is 0. The summed E-state index contributed by atoms with van der Waals surface area (Å²) in [5.41, 5.74) is 6.12. The van der Waals surface area contributed by atoms with E-state index in [2.05, 4.69) is 6.92 Å². The second-order valence-corrected chi connectivity index (χ2v) is 5.31. The van der Waals surface area contributed by atoms with E-state index in [0.29, 0.717) is 24.7 Å². The van der Waals surface area contributed by atoms with Crippen molar-refractivity contribution in [3.8, 4) is 0 Å². The quantitative estimate of drug-likeness (QED) is 0.676. The minimum absolute atomic E-state index is 0. The summed E-state index contributed by atoms with van der Waals surface area (Å²) < 4.78 is 1.33. The van der Waals surface area contributed by atoms with Crippen molar-refractivity contribution in [1.82, 2.24) is 9.47 Å². The average Bonchev–Trinajstić information content (AvgIpc) is 2.79. The van der Waals surface area contributed by atoms with Gasteiger partial charge in [-0.25, -0.2) is 4.57 Å². The number of carbonyl (C=O) groups is 1. The molecule has 1 aliphatic heterocycles. The number of nitrogens with two attached hydrogens (primary N) is 1. The molecule has 0 bridgehead atoms. The Labute approximate surface area is 129 Å². The van der Waals surface area contributed by atoms with Gasteiger partial charge in [0.05, 0.1) is 7.05 Å². The molecule has 0 saturated carbocycles. The predicted molar refractivity (Wildman–Crippen MR) is 81.6 cm³/mol. The highest BCUT2D eigenvalue weighted by atomic mass is 35.5. The van der Waals surface area contributed by atoms with Gasteiger partial charge in [-0.1, -0.05) is 6.92 Å². The summed E-state index contributed by atoms with van der Waals surface area (Å²) in [6.45, 7) is 3.16. The Morgan fingerprint density at radius 3 is 2.71 bits per heavy atom. The first kappa shape index (κ1) is 17.5. The lowest BCUT2D eigenvalue weighted by Crippen LogP contribution is -2.51. The first-order valence-corrected chi connectivity index (χ1v) is 6.78. The largest absolute Gasteiger partial charge is 0.358 e. The Morgan fingerprint density at radius 1 is 1.52 bits per heavy atom. The third-order valence-electron chi connectivity index (χ3n) is 4.12. The van der Waals surface area contributed by atoms with Crippen LogP contribution in [0, 0.1) is 16.0 Å². The topological polar surface area (TPSA) is 94.4 Å². The molecule has 2 heterocycles. The summed E-state index contributed by atoms with van der Waals surface area (Å²) in [7, 11) is 1.54. The molecule has 8 heteroatoms. The number of carbonyl (C=O) groups excluding carboxylic acids is 1. The van der Waals surface area contributed by atoms with Crippen LogP contribution in [0.3, 0.4) is 0 Å². The molecule has 1 fully saturated rings. The second-order valence-electron chi connectivity index (χ2n) is 5.31. The number of aromatic nitrogens is 1. The van der Waals surface area contributed by atoms with Crippen LogP contribution in [0.5, 0.6) is 0 Å². The first-order valence-electron chi connectivity index (χ1n) is 6.78. The first-order chi connectivity index (χ1) is 9.47. The van der Waals surface area contributed by atoms with Gasteiger partial charge in [0.2, 0.25) is 0 Å². The van der Waals surface area contributed by atoms with E-state index in [0.717, 1.165) is 12.8 Å². The van der Waals surface area contributed by atoms with Crippen LogP contribution in [0.4, 0.5) is 5.82 Å². The van der Waals surface area contributed by atoms with Crippen LogP contribution in [0.25, 0.3) is 0 Å². The van der Waals surface area contributed by atoms with Gasteiger partial charge in [-0.15, -0.1) is 12.4 Å². The molecule has 0 aromatic carbocycles. The number of hydrogen-bond donors (Lipinski definition) is 1. The molecule has 1 aromatic heterocycles. The number of halogens is 1. The molecule has 21 heavy (non-hydrogen) atoms. The van der Waals surface area contributed by atoms with E-state index < -0.39 is 4.92 Å². The number of rotatable bonds is 3. The highest BCUT2D eigenvalue weighted by molar-refractivity contribution is 5.93. The Hall–Kier alpha value is -1.60. The summed E-state index contributed by atoms with van der Waals surface area (Å²) in [5.74, 6) is 0.0956. The zero-order chi connectivity index (χ0) is 14.9. The molecule has 2 unspecified atom stereocenters. The van der Waals surface area contributed by atoms with Crippen LogP contribution >= 0.6 is 12.4 Å². The number of nitro groups is 1. The molecule has 1 amide bonds. The van der Waals surface area contributed by atoms with Crippen molar-refractivity contribution in [1.29, 1.82) is 0 Å². The molecular formula is C13H21ClN4O3. The van der Waals surface area contributed by atoms with Gasteiger partial charge < -0.3 is 20.7 Å². The lowest BCUT2D eigenvalue weighted by Gasteiger charge is -2.39. The average molecular weight is 317 g/mol. The molecule has 1 aromatic rings. The van der Waals surface area contributed by atoms with E-state index in [9.17, 15) is 14.9 Å². The molecular weight excluding hydrogens is 296 g/mol. The van der Waals surface area contributed by atoms with E-state index in [1.807, 2.05) is 0 Å². The van der Waals surface area contributed by atoms with Crippen molar-refractivity contribution in [2.75, 3.05) is 13.1 Å². The fourth-order valence-corrected chi connectivity index (χ4v) is 2.91. The molecule has 2 atom stereocenters. The number of amides is 1. The number of hydrogen-bond acceptors (Lipinski definition) is 4. The number of likely N-dealkylation sites (tertiary alicyclic amines) is 1. The van der Waals surface area contributed by atoms with Crippen molar-refractivity contribution in [3.63, 3.8) is 0 Å². The van der Waals surface area contributed by atoms with Gasteiger partial charge in [-0.05, 0) is 29.7 Å². The van der Waals surface area contributed by atoms with Gasteiger partial charge >= 0.3 is 5.82 Å². The van der Waals surface area contributed by atoms with Crippen molar-refractivity contribution < 1.29 is 9.72 Å². The van der Waals surface area contributed by atoms with Crippen molar-refractivity contribution in [2.45, 2.75) is 25.8 Å². The second kappa shape index (κ2) is 6.91. The van der Waals surface area contributed by atoms with Crippen LogP contribution in [-0.2, 0) is 7.05 Å². The zero-order valence-corrected chi connectivity index (χ0v) is 13.0. The monoisotopic (exact) mass is 316 g/mol. The Bertz CT molecular complexity index is 531. The van der Waals surface area contributed by atoms with E-state index in [1.165, 1.54) is 23.7 Å². The van der Waals surface area contributed by atoms with Crippen LogP contribution in [0.15, 0.2) is 12.1 Å². The molecule has 2 N–H and O–H groups in total. The fourth-order valence-electron chi connectivity index (χ4n) is 2.91. The Morgan fingerprint density at radius 2 is 2.19 bits per heavy atom. The number of piperidine rings is 1. The van der Waals surface area contributed by atoms with Crippen LogP contribution < -0.4 is 5.73 Å². The Balaban J connectivity index is 0.00000220. The smallest absolute Gasteiger partial charge is 0.323 e. The molecule has 1 aliphatic rings. The third-order valence-corrected chi connectivity index (χ3v) is 4.12. The maximum Gasteiger partial charge on any atom is 0.323 e. The van der Waals surface area contributed by atoms with E-state index in [1.54, 1.807) is 4.90 Å². The lowest BCUT2D eigenvalue weighted by atomic mass is 9.90. The van der Waals surface area contributed by atoms with E-state index in [4.69, 9.17) is 5.73 Å². The zero-order valence-electron chi connectivity index (χ0n) is 12.2. The summed E-state index contributed by atoms with van der Waals surface area (Å²) in [6, 6.07) is 2.87. The van der Waals surface area contributed by atoms with Gasteiger partial charge in [-0.3, -0.25) is 4.79 Å². The standard InChI is InChI=1S/C13H20N4O3.ClH/c1-9-4-3-7-16(11(9)8-14)13(18)10-5-6-12(15(10)2)17(19)20;/h5-6,9,11H,3-4,7-8,14H2,1-2H3;1H. The van der Waals surface area contributed by atoms with Gasteiger partial charge in [0.15, 0.2) is 5.69 Å². The molecule has 2 rings (SSSR count). The van der Waals surface area contributed by atoms with Crippen LogP contribution in [0.2, 0.25) is 0 Å². The van der Waals surface area contributed by atoms with E-state index in [-0.39, 0.29) is 30.2 Å². The van der Waals surface area contributed by atoms with Gasteiger partial charge in [-0.2, -0.15) is 0 Å². The minimum Gasteiger partial charge on any atom is -0.358 e. The molecule has 0 spiro atoms. The maximum atomic E-state index is 12.6. The molecule has 1 saturated heterocycles. The van der Waals surface area contributed by atoms with Crippen molar-refractivity contribution >= 4 is 24.1 Å². The number of nitrogens with zero attached hydrogens (tertiary/aromatic N) is 3. The molecule has 7 nitrogen and oxygen atoms in total. The highest BCUT2D eigenvalue weighted by Crippen LogP contribution is 2.25. The summed E-state index contributed by atoms with van der Waals surface area (Å²) in [4.78, 5) is 24.7. The Kier molecular flexibility index (Phi) is 5.74. The predicted octanol–water partition coefficient (Wildman–Crippen LogP) is 1.55. The van der Waals surface area contributed by atoms with E-state index >= 15 is 0 Å². The van der Waals surface area contributed by atoms with Gasteiger partial charge in [0, 0.05) is 25.2 Å².